The second kappa shape index (κ2) is 5.56. The summed E-state index contributed by atoms with van der Waals surface area (Å²) >= 11 is 3.51. The van der Waals surface area contributed by atoms with Gasteiger partial charge in [-0.25, -0.2) is 4.68 Å². The monoisotopic (exact) mass is 326 g/mol. The maximum atomic E-state index is 11.7. The zero-order valence-electron chi connectivity index (χ0n) is 10.8. The molecule has 0 aromatic carbocycles. The van der Waals surface area contributed by atoms with E-state index in [1.165, 1.54) is 16.8 Å². The van der Waals surface area contributed by atoms with Crippen molar-refractivity contribution in [2.45, 2.75) is 33.4 Å². The van der Waals surface area contributed by atoms with E-state index in [0.717, 1.165) is 22.3 Å². The van der Waals surface area contributed by atoms with E-state index in [2.05, 4.69) is 26.1 Å². The highest BCUT2D eigenvalue weighted by Crippen LogP contribution is 2.22. The van der Waals surface area contributed by atoms with E-state index in [4.69, 9.17) is 0 Å². The summed E-state index contributed by atoms with van der Waals surface area (Å²) in [6, 6.07) is 2.49. The van der Waals surface area contributed by atoms with Gasteiger partial charge in [0.1, 0.15) is 0 Å². The molecule has 0 amide bonds. The van der Waals surface area contributed by atoms with E-state index in [0.29, 0.717) is 6.54 Å². The molecule has 0 fully saturated rings. The predicted molar refractivity (Wildman–Crippen MR) is 75.4 cm³/mol. The molecule has 0 atom stereocenters. The molecule has 0 radical (unpaired) electrons. The number of hydrogen-bond acceptors (Lipinski definition) is 3. The lowest BCUT2D eigenvalue weighted by Gasteiger charge is -2.07. The molecule has 7 heteroatoms. The normalized spacial score (nSPS) is 10.9. The van der Waals surface area contributed by atoms with Gasteiger partial charge in [-0.15, -0.1) is 0 Å². The minimum Gasteiger partial charge on any atom is -0.268 e. The van der Waals surface area contributed by atoms with Crippen LogP contribution in [0.25, 0.3) is 0 Å². The van der Waals surface area contributed by atoms with Crippen LogP contribution in [-0.4, -0.2) is 19.6 Å². The summed E-state index contributed by atoms with van der Waals surface area (Å²) in [5.41, 5.74) is 1.29. The Morgan fingerprint density at radius 1 is 1.32 bits per heavy atom. The first-order chi connectivity index (χ1) is 9.06. The number of aryl methyl sites for hydroxylation is 2. The summed E-state index contributed by atoms with van der Waals surface area (Å²) < 4.78 is 4.02. The minimum absolute atomic E-state index is 0.242. The quantitative estimate of drug-likeness (QED) is 0.915. The van der Waals surface area contributed by atoms with Crippen molar-refractivity contribution < 1.29 is 0 Å². The molecule has 0 unspecified atom stereocenters. The number of H-pyrrole nitrogens is 1. The summed E-state index contributed by atoms with van der Waals surface area (Å²) in [4.78, 5) is 23.0. The van der Waals surface area contributed by atoms with Crippen LogP contribution in [-0.2, 0) is 19.5 Å². The smallest absolute Gasteiger partial charge is 0.265 e. The highest BCUT2D eigenvalue weighted by atomic mass is 79.9. The molecular formula is C12H15BrN4O2. The molecule has 2 rings (SSSR count). The SMILES string of the molecule is CCc1nn(CC)c(Cn2[nH]c(=O)ccc2=O)c1Br. The largest absolute Gasteiger partial charge is 0.268 e. The second-order valence-electron chi connectivity index (χ2n) is 4.11. The molecule has 6 nitrogen and oxygen atoms in total. The van der Waals surface area contributed by atoms with Crippen molar-refractivity contribution in [2.24, 2.45) is 0 Å². The van der Waals surface area contributed by atoms with Crippen molar-refractivity contribution in [3.63, 3.8) is 0 Å². The lowest BCUT2D eigenvalue weighted by atomic mass is 10.3. The van der Waals surface area contributed by atoms with Crippen LogP contribution in [0.4, 0.5) is 0 Å². The van der Waals surface area contributed by atoms with Gasteiger partial charge in [0.15, 0.2) is 0 Å². The van der Waals surface area contributed by atoms with Gasteiger partial charge in [-0.1, -0.05) is 6.92 Å². The summed E-state index contributed by atoms with van der Waals surface area (Å²) in [6.07, 6.45) is 0.806. The third-order valence-corrected chi connectivity index (χ3v) is 3.81. The van der Waals surface area contributed by atoms with Crippen molar-refractivity contribution in [1.82, 2.24) is 19.6 Å². The van der Waals surface area contributed by atoms with E-state index in [1.807, 2.05) is 18.5 Å². The van der Waals surface area contributed by atoms with Gasteiger partial charge in [-0.2, -0.15) is 5.10 Å². The Labute approximate surface area is 118 Å². The van der Waals surface area contributed by atoms with Crippen LogP contribution in [0.5, 0.6) is 0 Å². The number of nitrogens with one attached hydrogen (secondary N) is 1. The van der Waals surface area contributed by atoms with Crippen LogP contribution in [0.15, 0.2) is 26.2 Å². The van der Waals surface area contributed by atoms with Gasteiger partial charge in [-0.3, -0.25) is 19.4 Å². The maximum absolute atomic E-state index is 11.7. The second-order valence-corrected chi connectivity index (χ2v) is 4.90. The third-order valence-electron chi connectivity index (χ3n) is 2.89. The molecule has 19 heavy (non-hydrogen) atoms. The first-order valence-corrected chi connectivity index (χ1v) is 6.90. The Balaban J connectivity index is 2.48. The highest BCUT2D eigenvalue weighted by Gasteiger charge is 2.14. The van der Waals surface area contributed by atoms with E-state index in [1.54, 1.807) is 0 Å². The van der Waals surface area contributed by atoms with Gasteiger partial charge >= 0.3 is 0 Å². The number of hydrogen-bond donors (Lipinski definition) is 1. The summed E-state index contributed by atoms with van der Waals surface area (Å²) in [5, 5.41) is 6.97. The Kier molecular flexibility index (Phi) is 4.04. The van der Waals surface area contributed by atoms with Crippen molar-refractivity contribution in [2.75, 3.05) is 0 Å². The Bertz CT molecular complexity index is 698. The summed E-state index contributed by atoms with van der Waals surface area (Å²) in [6.45, 7) is 5.00. The fraction of sp³-hybridized carbons (Fsp3) is 0.417. The van der Waals surface area contributed by atoms with Crippen LogP contribution >= 0.6 is 15.9 Å². The first-order valence-electron chi connectivity index (χ1n) is 6.11. The number of halogens is 1. The molecule has 0 bridgehead atoms. The Morgan fingerprint density at radius 3 is 2.68 bits per heavy atom. The topological polar surface area (TPSA) is 72.7 Å². The van der Waals surface area contributed by atoms with Crippen LogP contribution in [0.1, 0.15) is 25.2 Å². The van der Waals surface area contributed by atoms with Crippen LogP contribution in [0.2, 0.25) is 0 Å². The van der Waals surface area contributed by atoms with E-state index in [9.17, 15) is 9.59 Å². The molecule has 0 saturated heterocycles. The number of rotatable bonds is 4. The third kappa shape index (κ3) is 2.70. The zero-order valence-corrected chi connectivity index (χ0v) is 12.4. The van der Waals surface area contributed by atoms with Crippen molar-refractivity contribution in [1.29, 1.82) is 0 Å². The predicted octanol–water partition coefficient (Wildman–Crippen LogP) is 1.13. The van der Waals surface area contributed by atoms with E-state index in [-0.39, 0.29) is 17.7 Å². The standard InChI is InChI=1S/C12H15BrN4O2/c1-3-8-12(13)9(16(4-2)14-8)7-17-11(19)6-5-10(18)15-17/h5-6H,3-4,7H2,1-2H3,(H,15,18). The molecule has 102 valence electrons. The first kappa shape index (κ1) is 13.8. The molecule has 0 aliphatic carbocycles. The fourth-order valence-electron chi connectivity index (χ4n) is 1.90. The molecule has 1 N–H and O–H groups in total. The Hall–Kier alpha value is -1.63. The molecule has 2 heterocycles. The molecule has 0 aliphatic heterocycles. The van der Waals surface area contributed by atoms with Crippen LogP contribution in [0, 0.1) is 0 Å². The fourth-order valence-corrected chi connectivity index (χ4v) is 2.59. The van der Waals surface area contributed by atoms with Gasteiger partial charge in [-0.05, 0) is 29.3 Å². The molecule has 0 spiro atoms. The summed E-state index contributed by atoms with van der Waals surface area (Å²) in [7, 11) is 0. The van der Waals surface area contributed by atoms with E-state index < -0.39 is 0 Å². The molecular weight excluding hydrogens is 312 g/mol. The lowest BCUT2D eigenvalue weighted by Crippen LogP contribution is -2.29. The lowest BCUT2D eigenvalue weighted by molar-refractivity contribution is 0.552. The number of nitrogens with zero attached hydrogens (tertiary/aromatic N) is 3. The average molecular weight is 327 g/mol. The maximum Gasteiger partial charge on any atom is 0.265 e. The minimum atomic E-state index is -0.297. The Morgan fingerprint density at radius 2 is 2.05 bits per heavy atom. The molecule has 0 saturated carbocycles. The van der Waals surface area contributed by atoms with E-state index >= 15 is 0 Å². The van der Waals surface area contributed by atoms with Crippen molar-refractivity contribution >= 4 is 15.9 Å². The van der Waals surface area contributed by atoms with Gasteiger partial charge in [0.05, 0.1) is 22.4 Å². The zero-order chi connectivity index (χ0) is 14.0. The van der Waals surface area contributed by atoms with Gasteiger partial charge in [0.2, 0.25) is 0 Å². The van der Waals surface area contributed by atoms with Crippen LogP contribution < -0.4 is 11.1 Å². The molecule has 0 aliphatic rings. The highest BCUT2D eigenvalue weighted by molar-refractivity contribution is 9.10. The number of aromatic amines is 1. The van der Waals surface area contributed by atoms with Gasteiger partial charge in [0, 0.05) is 18.7 Å². The number of aromatic nitrogens is 4. The summed E-state index contributed by atoms with van der Waals surface area (Å²) in [5.74, 6) is 0. The van der Waals surface area contributed by atoms with Crippen molar-refractivity contribution in [3.05, 3.63) is 48.7 Å². The van der Waals surface area contributed by atoms with Gasteiger partial charge in [0.25, 0.3) is 11.1 Å². The van der Waals surface area contributed by atoms with Crippen LogP contribution in [0.3, 0.4) is 0 Å². The van der Waals surface area contributed by atoms with Gasteiger partial charge < -0.3 is 0 Å². The molecule has 2 aromatic heterocycles. The average Bonchev–Trinajstić information content (AvgIpc) is 2.70. The molecule has 2 aromatic rings. The van der Waals surface area contributed by atoms with Crippen molar-refractivity contribution in [3.8, 4) is 0 Å².